The zero-order valence-electron chi connectivity index (χ0n) is 13.0. The first-order chi connectivity index (χ1) is 11.6. The van der Waals surface area contributed by atoms with E-state index in [1.165, 1.54) is 0 Å². The van der Waals surface area contributed by atoms with E-state index >= 15 is 0 Å². The van der Waals surface area contributed by atoms with Crippen LogP contribution in [0, 0.1) is 0 Å². The van der Waals surface area contributed by atoms with Crippen molar-refractivity contribution < 1.29 is 14.6 Å². The number of hydrazine groups is 1. The van der Waals surface area contributed by atoms with Crippen molar-refractivity contribution >= 4 is 23.2 Å². The molecule has 0 radical (unpaired) electrons. The van der Waals surface area contributed by atoms with Gasteiger partial charge in [-0.3, -0.25) is 4.79 Å². The van der Waals surface area contributed by atoms with Gasteiger partial charge in [0.1, 0.15) is 17.5 Å². The van der Waals surface area contributed by atoms with Crippen LogP contribution in [0.2, 0.25) is 5.02 Å². The zero-order valence-corrected chi connectivity index (χ0v) is 13.8. The lowest BCUT2D eigenvalue weighted by molar-refractivity contribution is -0.117. The van der Waals surface area contributed by atoms with Crippen LogP contribution in [0.4, 0.5) is 5.69 Å². The van der Waals surface area contributed by atoms with Gasteiger partial charge in [-0.15, -0.1) is 0 Å². The number of methoxy groups -OCH3 is 1. The summed E-state index contributed by atoms with van der Waals surface area (Å²) in [6.45, 7) is 0. The Morgan fingerprint density at radius 2 is 2.00 bits per heavy atom. The quantitative estimate of drug-likeness (QED) is 0.683. The molecule has 126 valence electrons. The van der Waals surface area contributed by atoms with Gasteiger partial charge in [0.25, 0.3) is 0 Å². The maximum atomic E-state index is 12.4. The number of amides is 1. The Balaban J connectivity index is 1.64. The third-order valence-electron chi connectivity index (χ3n) is 3.94. The van der Waals surface area contributed by atoms with Crippen molar-refractivity contribution in [1.29, 1.82) is 0 Å². The maximum Gasteiger partial charge on any atom is 0.242 e. The summed E-state index contributed by atoms with van der Waals surface area (Å²) in [4.78, 5) is 12.4. The lowest BCUT2D eigenvalue weighted by Crippen LogP contribution is -2.39. The lowest BCUT2D eigenvalue weighted by Gasteiger charge is -2.12. The molecular formula is C17H18ClN3O3. The lowest BCUT2D eigenvalue weighted by atomic mass is 10.0. The topological polar surface area (TPSA) is 82.6 Å². The van der Waals surface area contributed by atoms with E-state index in [-0.39, 0.29) is 17.7 Å². The van der Waals surface area contributed by atoms with Gasteiger partial charge < -0.3 is 15.2 Å². The van der Waals surface area contributed by atoms with Crippen LogP contribution in [0.1, 0.15) is 18.0 Å². The van der Waals surface area contributed by atoms with E-state index in [1.807, 2.05) is 0 Å². The number of ether oxygens (including phenoxy) is 1. The predicted octanol–water partition coefficient (Wildman–Crippen LogP) is 2.60. The van der Waals surface area contributed by atoms with Gasteiger partial charge >= 0.3 is 0 Å². The molecule has 1 fully saturated rings. The van der Waals surface area contributed by atoms with Crippen molar-refractivity contribution in [3.63, 3.8) is 0 Å². The van der Waals surface area contributed by atoms with Crippen LogP contribution in [0.5, 0.6) is 11.5 Å². The maximum absolute atomic E-state index is 12.4. The van der Waals surface area contributed by atoms with Crippen molar-refractivity contribution in [1.82, 2.24) is 10.9 Å². The van der Waals surface area contributed by atoms with Crippen molar-refractivity contribution in [2.45, 2.75) is 18.5 Å². The number of hydrogen-bond donors (Lipinski definition) is 4. The molecule has 1 heterocycles. The molecule has 0 aromatic heterocycles. The van der Waals surface area contributed by atoms with E-state index in [1.54, 1.807) is 49.6 Å². The molecule has 0 spiro atoms. The molecule has 0 saturated carbocycles. The number of nitrogens with one attached hydrogen (secondary N) is 3. The number of phenols is 1. The molecule has 4 N–H and O–H groups in total. The molecule has 7 heteroatoms. The van der Waals surface area contributed by atoms with E-state index in [0.29, 0.717) is 22.7 Å². The van der Waals surface area contributed by atoms with E-state index in [9.17, 15) is 9.90 Å². The minimum Gasteiger partial charge on any atom is -0.508 e. The van der Waals surface area contributed by atoms with Crippen LogP contribution in [-0.2, 0) is 4.79 Å². The summed E-state index contributed by atoms with van der Waals surface area (Å²) in [7, 11) is 1.59. The van der Waals surface area contributed by atoms with E-state index < -0.39 is 6.04 Å². The second-order valence-electron chi connectivity index (χ2n) is 5.55. The molecule has 2 atom stereocenters. The van der Waals surface area contributed by atoms with Gasteiger partial charge in [0, 0.05) is 16.3 Å². The molecule has 1 amide bonds. The molecule has 2 aromatic carbocycles. The standard InChI is InChI=1S/C17H18ClN3O3/c1-24-12-5-3-11(4-6-12)19-17(23)15-9-14(20-21-15)13-8-10(18)2-7-16(13)22/h2-8,14-15,20-22H,9H2,1H3,(H,19,23). The number of carbonyl (C=O) groups excluding carboxylic acids is 1. The molecular weight excluding hydrogens is 330 g/mol. The van der Waals surface area contributed by atoms with Crippen LogP contribution in [0.15, 0.2) is 42.5 Å². The molecule has 24 heavy (non-hydrogen) atoms. The van der Waals surface area contributed by atoms with Gasteiger partial charge in [0.05, 0.1) is 13.2 Å². The molecule has 0 bridgehead atoms. The van der Waals surface area contributed by atoms with Crippen LogP contribution in [0.3, 0.4) is 0 Å². The third kappa shape index (κ3) is 3.62. The van der Waals surface area contributed by atoms with Crippen LogP contribution < -0.4 is 20.9 Å². The Hall–Kier alpha value is -2.28. The highest BCUT2D eigenvalue weighted by Crippen LogP contribution is 2.32. The second-order valence-corrected chi connectivity index (χ2v) is 5.99. The van der Waals surface area contributed by atoms with Gasteiger partial charge in [-0.2, -0.15) is 0 Å². The van der Waals surface area contributed by atoms with Gasteiger partial charge in [-0.1, -0.05) is 11.6 Å². The minimum atomic E-state index is -0.421. The molecule has 6 nitrogen and oxygen atoms in total. The van der Waals surface area contributed by atoms with Crippen molar-refractivity contribution in [3.8, 4) is 11.5 Å². The Bertz CT molecular complexity index is 736. The van der Waals surface area contributed by atoms with Crippen LogP contribution in [0.25, 0.3) is 0 Å². The highest BCUT2D eigenvalue weighted by Gasteiger charge is 2.31. The number of rotatable bonds is 4. The van der Waals surface area contributed by atoms with E-state index in [0.717, 1.165) is 5.75 Å². The van der Waals surface area contributed by atoms with Gasteiger partial charge in [0.2, 0.25) is 5.91 Å². The Kier molecular flexibility index (Phi) is 4.89. The minimum absolute atomic E-state index is 0.148. The normalized spacial score (nSPS) is 19.9. The molecule has 2 aromatic rings. The number of aromatic hydroxyl groups is 1. The monoisotopic (exact) mass is 347 g/mol. The molecule has 1 aliphatic rings. The first-order valence-electron chi connectivity index (χ1n) is 7.51. The average Bonchev–Trinajstić information content (AvgIpc) is 3.08. The Labute approximate surface area is 144 Å². The van der Waals surface area contributed by atoms with Crippen molar-refractivity contribution in [2.75, 3.05) is 12.4 Å². The van der Waals surface area contributed by atoms with Gasteiger partial charge in [-0.05, 0) is 48.9 Å². The molecule has 1 saturated heterocycles. The van der Waals surface area contributed by atoms with E-state index in [4.69, 9.17) is 16.3 Å². The van der Waals surface area contributed by atoms with Gasteiger partial charge in [0.15, 0.2) is 0 Å². The molecule has 1 aliphatic heterocycles. The van der Waals surface area contributed by atoms with Crippen molar-refractivity contribution in [3.05, 3.63) is 53.1 Å². The molecule has 2 unspecified atom stereocenters. The van der Waals surface area contributed by atoms with Crippen molar-refractivity contribution in [2.24, 2.45) is 0 Å². The summed E-state index contributed by atoms with van der Waals surface area (Å²) in [5.41, 5.74) is 7.33. The fourth-order valence-electron chi connectivity index (χ4n) is 2.64. The average molecular weight is 348 g/mol. The first kappa shape index (κ1) is 16.6. The summed E-state index contributed by atoms with van der Waals surface area (Å²) in [6.07, 6.45) is 0.496. The summed E-state index contributed by atoms with van der Waals surface area (Å²) < 4.78 is 5.09. The second kappa shape index (κ2) is 7.09. The summed E-state index contributed by atoms with van der Waals surface area (Å²) in [5, 5.41) is 13.4. The number of carbonyl (C=O) groups is 1. The highest BCUT2D eigenvalue weighted by molar-refractivity contribution is 6.30. The summed E-state index contributed by atoms with van der Waals surface area (Å²) >= 11 is 5.98. The zero-order chi connectivity index (χ0) is 17.1. The van der Waals surface area contributed by atoms with Crippen LogP contribution in [-0.4, -0.2) is 24.2 Å². The number of halogens is 1. The number of anilines is 1. The smallest absolute Gasteiger partial charge is 0.242 e. The van der Waals surface area contributed by atoms with E-state index in [2.05, 4.69) is 16.2 Å². The number of phenolic OH excluding ortho intramolecular Hbond substituents is 1. The Morgan fingerprint density at radius 3 is 2.71 bits per heavy atom. The summed E-state index contributed by atoms with van der Waals surface area (Å²) in [6, 6.07) is 11.4. The van der Waals surface area contributed by atoms with Gasteiger partial charge in [-0.25, -0.2) is 10.9 Å². The number of hydrogen-bond acceptors (Lipinski definition) is 5. The van der Waals surface area contributed by atoms with Crippen LogP contribution >= 0.6 is 11.6 Å². The fourth-order valence-corrected chi connectivity index (χ4v) is 2.82. The fraction of sp³-hybridized carbons (Fsp3) is 0.235. The number of benzene rings is 2. The largest absolute Gasteiger partial charge is 0.508 e. The summed E-state index contributed by atoms with van der Waals surface area (Å²) in [5.74, 6) is 0.719. The molecule has 0 aliphatic carbocycles. The molecule has 3 rings (SSSR count). The Morgan fingerprint density at radius 1 is 1.25 bits per heavy atom. The predicted molar refractivity (Wildman–Crippen MR) is 92.2 cm³/mol. The highest BCUT2D eigenvalue weighted by atomic mass is 35.5. The third-order valence-corrected chi connectivity index (χ3v) is 4.18. The SMILES string of the molecule is COc1ccc(NC(=O)C2CC(c3cc(Cl)ccc3O)NN2)cc1. The first-order valence-corrected chi connectivity index (χ1v) is 7.89.